The molecule has 8 nitrogen and oxygen atoms in total. The molecule has 9 heteroatoms. The highest BCUT2D eigenvalue weighted by Crippen LogP contribution is 2.39. The first-order valence-electron chi connectivity index (χ1n) is 11.7. The molecule has 2 aliphatic rings. The van der Waals surface area contributed by atoms with Gasteiger partial charge in [0.15, 0.2) is 5.65 Å². The van der Waals surface area contributed by atoms with Crippen molar-refractivity contribution in [3.05, 3.63) is 48.8 Å². The average molecular weight is 459 g/mol. The summed E-state index contributed by atoms with van der Waals surface area (Å²) in [6.45, 7) is 4.03. The molecule has 6 rings (SSSR count). The lowest BCUT2D eigenvalue weighted by Gasteiger charge is -2.39. The van der Waals surface area contributed by atoms with Crippen LogP contribution in [-0.4, -0.2) is 50.7 Å². The number of fused-ring (bicyclic) bond motifs is 1. The monoisotopic (exact) mass is 458 g/mol. The number of imidazole rings is 1. The van der Waals surface area contributed by atoms with E-state index in [1.165, 1.54) is 12.5 Å². The topological polar surface area (TPSA) is 97.8 Å². The van der Waals surface area contributed by atoms with Crippen LogP contribution in [0.4, 0.5) is 16.0 Å². The van der Waals surface area contributed by atoms with Gasteiger partial charge in [-0.3, -0.25) is 0 Å². The molecule has 3 N–H and O–H groups in total. The minimum atomic E-state index is -0.462. The predicted molar refractivity (Wildman–Crippen MR) is 131 cm³/mol. The minimum Gasteiger partial charge on any atom is -0.396 e. The molecule has 0 amide bonds. The Bertz CT molecular complexity index is 1360. The molecule has 5 heterocycles. The maximum absolute atomic E-state index is 14.4. The molecule has 1 aromatic carbocycles. The second-order valence-corrected chi connectivity index (χ2v) is 9.50. The molecule has 174 valence electrons. The van der Waals surface area contributed by atoms with Crippen LogP contribution in [0.1, 0.15) is 19.3 Å². The van der Waals surface area contributed by atoms with Crippen molar-refractivity contribution in [3.8, 4) is 22.4 Å². The van der Waals surface area contributed by atoms with E-state index in [0.29, 0.717) is 22.6 Å². The van der Waals surface area contributed by atoms with Crippen molar-refractivity contribution in [2.45, 2.75) is 19.3 Å². The molecular formula is C25H27FN8. The lowest BCUT2D eigenvalue weighted by Crippen LogP contribution is -2.42. The number of aryl methyl sites for hydroxylation is 1. The third-order valence-electron chi connectivity index (χ3n) is 7.35. The number of hydrogen-bond acceptors (Lipinski definition) is 7. The molecule has 2 fully saturated rings. The van der Waals surface area contributed by atoms with Crippen LogP contribution in [0.15, 0.2) is 43.0 Å². The molecule has 0 atom stereocenters. The van der Waals surface area contributed by atoms with Crippen LogP contribution in [0.25, 0.3) is 33.5 Å². The molecule has 3 aromatic heterocycles. The molecule has 34 heavy (non-hydrogen) atoms. The molecule has 0 bridgehead atoms. The Balaban J connectivity index is 1.41. The normalized spacial score (nSPS) is 17.6. The maximum atomic E-state index is 14.4. The summed E-state index contributed by atoms with van der Waals surface area (Å²) in [6.07, 6.45) is 8.82. The molecule has 0 aliphatic carbocycles. The SMILES string of the molecule is Cn1cnc2cc(-c3cnc(N4CCC5(CCNC5)CC4)nc3-c3ccc(N)c(F)c3)cnc21. The van der Waals surface area contributed by atoms with Crippen LogP contribution in [0, 0.1) is 11.2 Å². The minimum absolute atomic E-state index is 0.114. The van der Waals surface area contributed by atoms with Crippen LogP contribution in [0.5, 0.6) is 0 Å². The zero-order chi connectivity index (χ0) is 23.3. The van der Waals surface area contributed by atoms with E-state index >= 15 is 0 Å². The number of rotatable bonds is 3. The third kappa shape index (κ3) is 3.56. The number of halogens is 1. The Morgan fingerprint density at radius 2 is 1.88 bits per heavy atom. The number of nitrogens with one attached hydrogen (secondary N) is 1. The van der Waals surface area contributed by atoms with E-state index in [-0.39, 0.29) is 5.69 Å². The van der Waals surface area contributed by atoms with E-state index < -0.39 is 5.82 Å². The Morgan fingerprint density at radius 3 is 2.65 bits per heavy atom. The summed E-state index contributed by atoms with van der Waals surface area (Å²) in [5, 5.41) is 3.51. The van der Waals surface area contributed by atoms with Crippen LogP contribution in [-0.2, 0) is 7.05 Å². The summed E-state index contributed by atoms with van der Waals surface area (Å²) in [7, 11) is 1.91. The number of piperidine rings is 1. The van der Waals surface area contributed by atoms with Gasteiger partial charge in [0, 0.05) is 55.8 Å². The van der Waals surface area contributed by atoms with E-state index in [4.69, 9.17) is 15.7 Å². The average Bonchev–Trinajstić information content (AvgIpc) is 3.47. The quantitative estimate of drug-likeness (QED) is 0.454. The zero-order valence-corrected chi connectivity index (χ0v) is 19.1. The number of hydrogen-bond donors (Lipinski definition) is 2. The van der Waals surface area contributed by atoms with Gasteiger partial charge in [-0.2, -0.15) is 0 Å². The summed E-state index contributed by atoms with van der Waals surface area (Å²) in [5.41, 5.74) is 10.8. The first kappa shape index (κ1) is 21.0. The molecule has 1 spiro atoms. The van der Waals surface area contributed by atoms with Crippen molar-refractivity contribution in [1.82, 2.24) is 29.8 Å². The van der Waals surface area contributed by atoms with Gasteiger partial charge in [-0.05, 0) is 49.4 Å². The van der Waals surface area contributed by atoms with Gasteiger partial charge in [0.05, 0.1) is 17.7 Å². The van der Waals surface area contributed by atoms with Crippen LogP contribution < -0.4 is 16.0 Å². The van der Waals surface area contributed by atoms with Gasteiger partial charge in [0.25, 0.3) is 0 Å². The molecule has 2 saturated heterocycles. The Kier molecular flexibility index (Phi) is 4.95. The Morgan fingerprint density at radius 1 is 1.03 bits per heavy atom. The van der Waals surface area contributed by atoms with Crippen molar-refractivity contribution in [2.75, 3.05) is 36.8 Å². The van der Waals surface area contributed by atoms with Gasteiger partial charge in [-0.1, -0.05) is 6.07 Å². The number of pyridine rings is 1. The molecule has 2 aliphatic heterocycles. The number of nitrogens with zero attached hydrogens (tertiary/aromatic N) is 6. The van der Waals surface area contributed by atoms with Crippen LogP contribution in [0.2, 0.25) is 0 Å². The number of anilines is 2. The van der Waals surface area contributed by atoms with Crippen molar-refractivity contribution < 1.29 is 4.39 Å². The van der Waals surface area contributed by atoms with Crippen molar-refractivity contribution in [3.63, 3.8) is 0 Å². The van der Waals surface area contributed by atoms with Crippen molar-refractivity contribution >= 4 is 22.8 Å². The molecule has 0 radical (unpaired) electrons. The van der Waals surface area contributed by atoms with E-state index in [0.717, 1.165) is 61.3 Å². The van der Waals surface area contributed by atoms with Crippen LogP contribution >= 0.6 is 0 Å². The lowest BCUT2D eigenvalue weighted by atomic mass is 9.78. The summed E-state index contributed by atoms with van der Waals surface area (Å²) in [6, 6.07) is 6.78. The summed E-state index contributed by atoms with van der Waals surface area (Å²) >= 11 is 0. The van der Waals surface area contributed by atoms with Crippen molar-refractivity contribution in [1.29, 1.82) is 0 Å². The fourth-order valence-electron chi connectivity index (χ4n) is 5.20. The van der Waals surface area contributed by atoms with E-state index in [1.807, 2.05) is 23.9 Å². The highest BCUT2D eigenvalue weighted by Gasteiger charge is 2.37. The van der Waals surface area contributed by atoms with Gasteiger partial charge in [-0.25, -0.2) is 24.3 Å². The van der Waals surface area contributed by atoms with Gasteiger partial charge in [-0.15, -0.1) is 0 Å². The highest BCUT2D eigenvalue weighted by molar-refractivity contribution is 5.85. The first-order chi connectivity index (χ1) is 16.5. The second-order valence-electron chi connectivity index (χ2n) is 9.50. The van der Waals surface area contributed by atoms with Crippen molar-refractivity contribution in [2.24, 2.45) is 12.5 Å². The smallest absolute Gasteiger partial charge is 0.225 e. The largest absolute Gasteiger partial charge is 0.396 e. The standard InChI is InChI=1S/C25H27FN8/c1-33-15-31-21-11-17(12-29-23(21)33)18-13-30-24(32-22(18)16-2-3-20(27)19(26)10-16)34-8-5-25(6-9-34)4-7-28-14-25/h2-3,10-13,15,28H,4-9,14,27H2,1H3. The second kappa shape index (κ2) is 8.02. The number of aromatic nitrogens is 5. The predicted octanol–water partition coefficient (Wildman–Crippen LogP) is 3.39. The Hall–Kier alpha value is -3.59. The first-order valence-corrected chi connectivity index (χ1v) is 11.7. The van der Waals surface area contributed by atoms with Gasteiger partial charge < -0.3 is 20.5 Å². The molecule has 0 unspecified atom stereocenters. The molecule has 0 saturated carbocycles. The zero-order valence-electron chi connectivity index (χ0n) is 19.1. The van der Waals surface area contributed by atoms with E-state index in [9.17, 15) is 4.39 Å². The van der Waals surface area contributed by atoms with E-state index in [1.54, 1.807) is 24.7 Å². The highest BCUT2D eigenvalue weighted by atomic mass is 19.1. The third-order valence-corrected chi connectivity index (χ3v) is 7.35. The van der Waals surface area contributed by atoms with Gasteiger partial charge in [0.1, 0.15) is 11.3 Å². The van der Waals surface area contributed by atoms with Crippen LogP contribution in [0.3, 0.4) is 0 Å². The van der Waals surface area contributed by atoms with Gasteiger partial charge >= 0.3 is 0 Å². The lowest BCUT2D eigenvalue weighted by molar-refractivity contribution is 0.246. The summed E-state index contributed by atoms with van der Waals surface area (Å²) in [5.74, 6) is 0.208. The summed E-state index contributed by atoms with van der Waals surface area (Å²) < 4.78 is 16.3. The maximum Gasteiger partial charge on any atom is 0.225 e. The summed E-state index contributed by atoms with van der Waals surface area (Å²) in [4.78, 5) is 20.9. The number of nitrogen functional groups attached to an aromatic ring is 1. The van der Waals surface area contributed by atoms with Gasteiger partial charge in [0.2, 0.25) is 5.95 Å². The number of nitrogens with two attached hydrogens (primary N) is 1. The fourth-order valence-corrected chi connectivity index (χ4v) is 5.20. The molecular weight excluding hydrogens is 431 g/mol. The van der Waals surface area contributed by atoms with E-state index in [2.05, 4.69) is 20.2 Å². The molecule has 4 aromatic rings. The fraction of sp³-hybridized carbons (Fsp3) is 0.360. The Labute approximate surface area is 197 Å². The number of benzene rings is 1.